The summed E-state index contributed by atoms with van der Waals surface area (Å²) < 4.78 is 29.7. The van der Waals surface area contributed by atoms with Crippen LogP contribution in [0, 0.1) is 0 Å². The van der Waals surface area contributed by atoms with Crippen molar-refractivity contribution in [3.63, 3.8) is 0 Å². The van der Waals surface area contributed by atoms with Gasteiger partial charge in [-0.05, 0) is 0 Å². The topological polar surface area (TPSA) is 110 Å². The van der Waals surface area contributed by atoms with E-state index in [2.05, 4.69) is 19.7 Å². The lowest BCUT2D eigenvalue weighted by molar-refractivity contribution is 0.217. The van der Waals surface area contributed by atoms with Gasteiger partial charge in [0.1, 0.15) is 5.82 Å². The molecule has 1 aromatic rings. The molecule has 1 aromatic heterocycles. The molecule has 15 heavy (non-hydrogen) atoms. The quantitative estimate of drug-likeness (QED) is 0.588. The molecular formula is C7H14N4O3S. The minimum absolute atomic E-state index is 0.0682. The van der Waals surface area contributed by atoms with Gasteiger partial charge in [0, 0.05) is 19.2 Å². The monoisotopic (exact) mass is 234 g/mol. The van der Waals surface area contributed by atoms with Crippen LogP contribution in [0.15, 0.2) is 6.20 Å². The predicted octanol–water partition coefficient (Wildman–Crippen LogP) is -0.942. The SMILES string of the molecule is COCCS(=O)(=O)NCc1cn[nH]c1N. The molecule has 0 saturated heterocycles. The average Bonchev–Trinajstić information content (AvgIpc) is 2.58. The fraction of sp³-hybridized carbons (Fsp3) is 0.571. The Morgan fingerprint density at radius 2 is 2.40 bits per heavy atom. The summed E-state index contributed by atoms with van der Waals surface area (Å²) in [6.45, 7) is 0.296. The summed E-state index contributed by atoms with van der Waals surface area (Å²) >= 11 is 0. The molecule has 0 aliphatic rings. The molecule has 0 bridgehead atoms. The summed E-state index contributed by atoms with van der Waals surface area (Å²) in [7, 11) is -1.86. The van der Waals surface area contributed by atoms with Crippen LogP contribution in [0.25, 0.3) is 0 Å². The number of sulfonamides is 1. The van der Waals surface area contributed by atoms with E-state index in [1.165, 1.54) is 13.3 Å². The van der Waals surface area contributed by atoms with E-state index in [1.807, 2.05) is 0 Å². The van der Waals surface area contributed by atoms with Gasteiger partial charge < -0.3 is 10.5 Å². The smallest absolute Gasteiger partial charge is 0.214 e. The maximum atomic E-state index is 11.3. The Balaban J connectivity index is 2.46. The molecule has 0 aliphatic carbocycles. The molecule has 0 amide bonds. The number of methoxy groups -OCH3 is 1. The molecule has 0 aromatic carbocycles. The second-order valence-electron chi connectivity index (χ2n) is 2.94. The molecule has 0 fully saturated rings. The van der Waals surface area contributed by atoms with Crippen molar-refractivity contribution in [1.82, 2.24) is 14.9 Å². The number of ether oxygens (including phenoxy) is 1. The zero-order valence-corrected chi connectivity index (χ0v) is 9.17. The lowest BCUT2D eigenvalue weighted by Gasteiger charge is -2.04. The minimum Gasteiger partial charge on any atom is -0.384 e. The van der Waals surface area contributed by atoms with Gasteiger partial charge in [-0.1, -0.05) is 0 Å². The van der Waals surface area contributed by atoms with Crippen molar-refractivity contribution in [2.24, 2.45) is 0 Å². The second kappa shape index (κ2) is 5.10. The summed E-state index contributed by atoms with van der Waals surface area (Å²) in [5.74, 6) is 0.297. The van der Waals surface area contributed by atoms with E-state index in [0.717, 1.165) is 0 Å². The van der Waals surface area contributed by atoms with Crippen LogP contribution in [0.5, 0.6) is 0 Å². The van der Waals surface area contributed by atoms with Crippen LogP contribution in [-0.4, -0.2) is 38.1 Å². The van der Waals surface area contributed by atoms with E-state index >= 15 is 0 Å². The van der Waals surface area contributed by atoms with Gasteiger partial charge in [-0.2, -0.15) is 5.10 Å². The van der Waals surface area contributed by atoms with Crippen molar-refractivity contribution in [2.75, 3.05) is 25.2 Å². The zero-order chi connectivity index (χ0) is 11.3. The number of aromatic nitrogens is 2. The van der Waals surface area contributed by atoms with Gasteiger partial charge >= 0.3 is 0 Å². The van der Waals surface area contributed by atoms with Crippen LogP contribution in [-0.2, 0) is 21.3 Å². The Morgan fingerprint density at radius 1 is 1.67 bits per heavy atom. The first-order chi connectivity index (χ1) is 7.05. The third kappa shape index (κ3) is 3.86. The highest BCUT2D eigenvalue weighted by atomic mass is 32.2. The van der Waals surface area contributed by atoms with E-state index < -0.39 is 10.0 Å². The first-order valence-electron chi connectivity index (χ1n) is 4.29. The highest BCUT2D eigenvalue weighted by molar-refractivity contribution is 7.89. The largest absolute Gasteiger partial charge is 0.384 e. The highest BCUT2D eigenvalue weighted by Crippen LogP contribution is 2.05. The number of nitrogens with one attached hydrogen (secondary N) is 2. The highest BCUT2D eigenvalue weighted by Gasteiger charge is 2.10. The van der Waals surface area contributed by atoms with Crippen LogP contribution >= 0.6 is 0 Å². The van der Waals surface area contributed by atoms with Crippen molar-refractivity contribution in [3.05, 3.63) is 11.8 Å². The minimum atomic E-state index is -3.31. The third-order valence-electron chi connectivity index (χ3n) is 1.79. The van der Waals surface area contributed by atoms with E-state index in [4.69, 9.17) is 5.73 Å². The molecule has 1 rings (SSSR count). The number of anilines is 1. The van der Waals surface area contributed by atoms with E-state index in [0.29, 0.717) is 11.4 Å². The molecule has 86 valence electrons. The van der Waals surface area contributed by atoms with Gasteiger partial charge in [-0.15, -0.1) is 0 Å². The van der Waals surface area contributed by atoms with Gasteiger partial charge in [0.05, 0.1) is 18.6 Å². The van der Waals surface area contributed by atoms with Crippen molar-refractivity contribution < 1.29 is 13.2 Å². The van der Waals surface area contributed by atoms with Crippen LogP contribution in [0.2, 0.25) is 0 Å². The number of aromatic amines is 1. The van der Waals surface area contributed by atoms with Crippen molar-refractivity contribution in [1.29, 1.82) is 0 Å². The molecule has 0 unspecified atom stereocenters. The molecule has 0 spiro atoms. The lowest BCUT2D eigenvalue weighted by Crippen LogP contribution is -2.27. The van der Waals surface area contributed by atoms with Crippen LogP contribution < -0.4 is 10.5 Å². The summed E-state index contributed by atoms with van der Waals surface area (Å²) in [6.07, 6.45) is 1.48. The molecule has 7 nitrogen and oxygen atoms in total. The Bertz CT molecular complexity index is 400. The molecular weight excluding hydrogens is 220 g/mol. The van der Waals surface area contributed by atoms with Crippen molar-refractivity contribution >= 4 is 15.8 Å². The Labute approximate surface area is 88.1 Å². The molecule has 8 heteroatoms. The van der Waals surface area contributed by atoms with Gasteiger partial charge in [0.2, 0.25) is 10.0 Å². The van der Waals surface area contributed by atoms with E-state index in [1.54, 1.807) is 0 Å². The Hall–Kier alpha value is -1.12. The third-order valence-corrected chi connectivity index (χ3v) is 3.08. The first-order valence-corrected chi connectivity index (χ1v) is 5.94. The van der Waals surface area contributed by atoms with Crippen molar-refractivity contribution in [2.45, 2.75) is 6.54 Å². The molecule has 0 aliphatic heterocycles. The Kier molecular flexibility index (Phi) is 4.06. The number of hydrogen-bond acceptors (Lipinski definition) is 5. The van der Waals surface area contributed by atoms with Gasteiger partial charge in [0.25, 0.3) is 0 Å². The number of rotatable bonds is 6. The number of nitrogens with two attached hydrogens (primary N) is 1. The number of H-pyrrole nitrogens is 1. The van der Waals surface area contributed by atoms with Crippen LogP contribution in [0.4, 0.5) is 5.82 Å². The standard InChI is InChI=1S/C7H14N4O3S/c1-14-2-3-15(12,13)10-5-6-4-9-11-7(6)8/h4,10H,2-3,5H2,1H3,(H3,8,9,11). The maximum absolute atomic E-state index is 11.3. The summed E-state index contributed by atoms with van der Waals surface area (Å²) in [5.41, 5.74) is 6.11. The fourth-order valence-corrected chi connectivity index (χ4v) is 1.82. The molecule has 4 N–H and O–H groups in total. The maximum Gasteiger partial charge on any atom is 0.214 e. The van der Waals surface area contributed by atoms with E-state index in [9.17, 15) is 8.42 Å². The first kappa shape index (κ1) is 12.0. The molecule has 0 saturated carbocycles. The van der Waals surface area contributed by atoms with Crippen molar-refractivity contribution in [3.8, 4) is 0 Å². The van der Waals surface area contributed by atoms with Gasteiger partial charge in [0.15, 0.2) is 0 Å². The van der Waals surface area contributed by atoms with Gasteiger partial charge in [-0.25, -0.2) is 13.1 Å². The van der Waals surface area contributed by atoms with Crippen LogP contribution in [0.1, 0.15) is 5.56 Å². The zero-order valence-electron chi connectivity index (χ0n) is 8.36. The second-order valence-corrected chi connectivity index (χ2v) is 4.87. The molecule has 0 atom stereocenters. The van der Waals surface area contributed by atoms with Gasteiger partial charge in [-0.3, -0.25) is 5.10 Å². The normalized spacial score (nSPS) is 11.8. The molecule has 0 radical (unpaired) electrons. The predicted molar refractivity (Wildman–Crippen MR) is 55.5 cm³/mol. The summed E-state index contributed by atoms with van der Waals surface area (Å²) in [5, 5.41) is 6.19. The lowest BCUT2D eigenvalue weighted by atomic mass is 10.3. The Morgan fingerprint density at radius 3 is 2.93 bits per heavy atom. The number of nitrogens with zero attached hydrogens (tertiary/aromatic N) is 1. The number of hydrogen-bond donors (Lipinski definition) is 3. The summed E-state index contributed by atoms with van der Waals surface area (Å²) in [4.78, 5) is 0. The van der Waals surface area contributed by atoms with E-state index in [-0.39, 0.29) is 18.9 Å². The van der Waals surface area contributed by atoms with Crippen LogP contribution in [0.3, 0.4) is 0 Å². The molecule has 1 heterocycles. The number of nitrogen functional groups attached to an aromatic ring is 1. The fourth-order valence-electron chi connectivity index (χ4n) is 0.915. The summed E-state index contributed by atoms with van der Waals surface area (Å²) in [6, 6.07) is 0. The average molecular weight is 234 g/mol.